The van der Waals surface area contributed by atoms with E-state index in [1.165, 1.54) is 11.8 Å². The van der Waals surface area contributed by atoms with Gasteiger partial charge in [0.1, 0.15) is 0 Å². The summed E-state index contributed by atoms with van der Waals surface area (Å²) < 4.78 is 2.15. The number of carbonyl (C=O) groups excluding carboxylic acids is 2. The molecule has 1 aromatic carbocycles. The molecule has 3 rings (SSSR count). The summed E-state index contributed by atoms with van der Waals surface area (Å²) >= 11 is 4.59. The first kappa shape index (κ1) is 15.8. The molecule has 4 nitrogen and oxygen atoms in total. The number of thioether (sulfide) groups is 2. The van der Waals surface area contributed by atoms with Crippen LogP contribution >= 0.6 is 34.9 Å². The van der Waals surface area contributed by atoms with Crippen molar-refractivity contribution >= 4 is 61.8 Å². The fourth-order valence-electron chi connectivity index (χ4n) is 2.53. The van der Waals surface area contributed by atoms with Crippen LogP contribution in [0, 0.1) is 5.92 Å². The number of aromatic nitrogens is 1. The third-order valence-electron chi connectivity index (χ3n) is 3.57. The molecular formula is C15H16N2O2S3. The first-order valence-corrected chi connectivity index (χ1v) is 9.98. The smallest absolute Gasteiger partial charge is 0.227 e. The molecule has 116 valence electrons. The molecule has 0 N–H and O–H groups in total. The Kier molecular flexibility index (Phi) is 4.75. The molecule has 1 amide bonds. The van der Waals surface area contributed by atoms with E-state index < -0.39 is 0 Å². The van der Waals surface area contributed by atoms with Crippen LogP contribution in [0.15, 0.2) is 22.5 Å². The molecule has 0 radical (unpaired) electrons. The average Bonchev–Trinajstić information content (AvgIpc) is 3.07. The van der Waals surface area contributed by atoms with Crippen molar-refractivity contribution < 1.29 is 9.59 Å². The fourth-order valence-corrected chi connectivity index (χ4v) is 4.74. The lowest BCUT2D eigenvalue weighted by atomic mass is 10.1. The van der Waals surface area contributed by atoms with Crippen molar-refractivity contribution in [3.05, 3.63) is 18.2 Å². The Morgan fingerprint density at radius 2 is 2.32 bits per heavy atom. The maximum absolute atomic E-state index is 12.2. The monoisotopic (exact) mass is 352 g/mol. The zero-order valence-corrected chi connectivity index (χ0v) is 14.8. The second kappa shape index (κ2) is 6.60. The average molecular weight is 353 g/mol. The number of amides is 1. The second-order valence-electron chi connectivity index (χ2n) is 5.21. The summed E-state index contributed by atoms with van der Waals surface area (Å²) in [4.78, 5) is 29.7. The summed E-state index contributed by atoms with van der Waals surface area (Å²) in [5.41, 5.74) is 1.91. The third-order valence-corrected chi connectivity index (χ3v) is 6.61. The van der Waals surface area contributed by atoms with Gasteiger partial charge in [0.05, 0.1) is 10.2 Å². The first-order valence-electron chi connectivity index (χ1n) is 6.95. The highest BCUT2D eigenvalue weighted by molar-refractivity contribution is 8.13. The Morgan fingerprint density at radius 1 is 1.50 bits per heavy atom. The number of carbonyl (C=O) groups is 2. The lowest BCUT2D eigenvalue weighted by Gasteiger charge is -2.16. The number of nitrogens with zero attached hydrogens (tertiary/aromatic N) is 2. The predicted molar refractivity (Wildman–Crippen MR) is 95.0 cm³/mol. The number of fused-ring (bicyclic) bond motifs is 1. The molecule has 1 aromatic heterocycles. The van der Waals surface area contributed by atoms with Crippen LogP contribution in [-0.2, 0) is 9.59 Å². The topological polar surface area (TPSA) is 50.3 Å². The molecule has 1 atom stereocenters. The van der Waals surface area contributed by atoms with Gasteiger partial charge in [-0.3, -0.25) is 9.59 Å². The summed E-state index contributed by atoms with van der Waals surface area (Å²) in [5, 5.41) is 0.113. The van der Waals surface area contributed by atoms with Crippen molar-refractivity contribution in [2.75, 3.05) is 23.5 Å². The molecule has 1 saturated heterocycles. The standard InChI is InChI=1S/C15H16N2O2S3/c1-9(18)21-8-10-5-14(19)17(7-10)11-3-4-12-13(6-11)22-15(16-12)20-2/h3-4,6,10H,5,7-8H2,1-2H3. The minimum atomic E-state index is 0.113. The van der Waals surface area contributed by atoms with E-state index in [4.69, 9.17) is 0 Å². The van der Waals surface area contributed by atoms with Gasteiger partial charge in [-0.15, -0.1) is 11.3 Å². The number of rotatable bonds is 4. The van der Waals surface area contributed by atoms with Gasteiger partial charge in [0.15, 0.2) is 9.45 Å². The van der Waals surface area contributed by atoms with Crippen molar-refractivity contribution in [1.29, 1.82) is 0 Å². The number of anilines is 1. The molecule has 1 aliphatic heterocycles. The van der Waals surface area contributed by atoms with E-state index in [2.05, 4.69) is 4.98 Å². The molecule has 0 spiro atoms. The molecule has 2 aromatic rings. The first-order chi connectivity index (χ1) is 10.6. The van der Waals surface area contributed by atoms with Crippen LogP contribution in [0.3, 0.4) is 0 Å². The maximum Gasteiger partial charge on any atom is 0.227 e. The highest BCUT2D eigenvalue weighted by atomic mass is 32.2. The Labute approximate surface area is 141 Å². The third kappa shape index (κ3) is 3.31. The SMILES string of the molecule is CSc1nc2ccc(N3CC(CSC(C)=O)CC3=O)cc2s1. The molecule has 0 saturated carbocycles. The highest BCUT2D eigenvalue weighted by Crippen LogP contribution is 2.33. The second-order valence-corrected chi connectivity index (χ2v) is 8.49. The van der Waals surface area contributed by atoms with Crippen LogP contribution in [0.4, 0.5) is 5.69 Å². The van der Waals surface area contributed by atoms with Gasteiger partial charge in [-0.25, -0.2) is 4.98 Å². The van der Waals surface area contributed by atoms with Crippen LogP contribution in [0.5, 0.6) is 0 Å². The summed E-state index contributed by atoms with van der Waals surface area (Å²) in [6, 6.07) is 5.99. The minimum Gasteiger partial charge on any atom is -0.312 e. The van der Waals surface area contributed by atoms with Crippen LogP contribution in [0.1, 0.15) is 13.3 Å². The van der Waals surface area contributed by atoms with Crippen LogP contribution in [0.25, 0.3) is 10.2 Å². The van der Waals surface area contributed by atoms with E-state index in [-0.39, 0.29) is 16.9 Å². The van der Waals surface area contributed by atoms with Gasteiger partial charge in [-0.2, -0.15) is 0 Å². The molecule has 1 fully saturated rings. The molecule has 0 bridgehead atoms. The van der Waals surface area contributed by atoms with E-state index in [0.29, 0.717) is 13.0 Å². The van der Waals surface area contributed by atoms with Gasteiger partial charge in [0.25, 0.3) is 0 Å². The molecule has 1 unspecified atom stereocenters. The van der Waals surface area contributed by atoms with E-state index in [1.54, 1.807) is 30.0 Å². The Hall–Kier alpha value is -1.05. The lowest BCUT2D eigenvalue weighted by Crippen LogP contribution is -2.24. The zero-order valence-electron chi connectivity index (χ0n) is 12.4. The summed E-state index contributed by atoms with van der Waals surface area (Å²) in [6.45, 7) is 2.26. The van der Waals surface area contributed by atoms with Crippen molar-refractivity contribution in [2.45, 2.75) is 17.7 Å². The zero-order chi connectivity index (χ0) is 15.7. The highest BCUT2D eigenvalue weighted by Gasteiger charge is 2.30. The van der Waals surface area contributed by atoms with Gasteiger partial charge in [0, 0.05) is 31.3 Å². The van der Waals surface area contributed by atoms with Crippen molar-refractivity contribution in [3.8, 4) is 0 Å². The van der Waals surface area contributed by atoms with E-state index in [9.17, 15) is 9.59 Å². The van der Waals surface area contributed by atoms with Crippen LogP contribution in [0.2, 0.25) is 0 Å². The van der Waals surface area contributed by atoms with Crippen LogP contribution in [-0.4, -0.2) is 34.6 Å². The molecule has 22 heavy (non-hydrogen) atoms. The summed E-state index contributed by atoms with van der Waals surface area (Å²) in [6.07, 6.45) is 2.54. The summed E-state index contributed by atoms with van der Waals surface area (Å²) in [7, 11) is 0. The van der Waals surface area contributed by atoms with Gasteiger partial charge in [-0.1, -0.05) is 23.5 Å². The van der Waals surface area contributed by atoms with E-state index >= 15 is 0 Å². The van der Waals surface area contributed by atoms with E-state index in [1.807, 2.05) is 29.4 Å². The van der Waals surface area contributed by atoms with Gasteiger partial charge >= 0.3 is 0 Å². The fraction of sp³-hybridized carbons (Fsp3) is 0.400. The predicted octanol–water partition coefficient (Wildman–Crippen LogP) is 3.65. The van der Waals surface area contributed by atoms with Crippen molar-refractivity contribution in [2.24, 2.45) is 5.92 Å². The molecule has 1 aliphatic rings. The Bertz CT molecular complexity index is 729. The van der Waals surface area contributed by atoms with Gasteiger partial charge in [0.2, 0.25) is 5.91 Å². The number of benzene rings is 1. The summed E-state index contributed by atoms with van der Waals surface area (Å²) in [5.74, 6) is 1.11. The molecular weight excluding hydrogens is 336 g/mol. The minimum absolute atomic E-state index is 0.113. The maximum atomic E-state index is 12.2. The number of thiazole rings is 1. The van der Waals surface area contributed by atoms with Crippen molar-refractivity contribution in [1.82, 2.24) is 4.98 Å². The van der Waals surface area contributed by atoms with Gasteiger partial charge < -0.3 is 4.90 Å². The van der Waals surface area contributed by atoms with Gasteiger partial charge in [-0.05, 0) is 30.4 Å². The Morgan fingerprint density at radius 3 is 3.05 bits per heavy atom. The molecule has 0 aliphatic carbocycles. The molecule has 2 heterocycles. The van der Waals surface area contributed by atoms with E-state index in [0.717, 1.165) is 26.0 Å². The quantitative estimate of drug-likeness (QED) is 0.786. The lowest BCUT2D eigenvalue weighted by molar-refractivity contribution is -0.117. The Balaban J connectivity index is 1.78. The molecule has 7 heteroatoms. The normalized spacial score (nSPS) is 18.4. The largest absolute Gasteiger partial charge is 0.312 e. The van der Waals surface area contributed by atoms with Crippen LogP contribution < -0.4 is 4.90 Å². The number of hydrogen-bond donors (Lipinski definition) is 0. The van der Waals surface area contributed by atoms with Crippen molar-refractivity contribution in [3.63, 3.8) is 0 Å². The number of hydrogen-bond acceptors (Lipinski definition) is 6.